The average Bonchev–Trinajstić information content (AvgIpc) is 3.18. The number of carbonyl (C=O) groups excluding carboxylic acids is 1. The van der Waals surface area contributed by atoms with Crippen LogP contribution in [-0.4, -0.2) is 41.3 Å². The molecule has 3 heterocycles. The van der Waals surface area contributed by atoms with Gasteiger partial charge in [-0.05, 0) is 28.8 Å². The zero-order chi connectivity index (χ0) is 13.9. The average molecular weight is 291 g/mol. The van der Waals surface area contributed by atoms with Crippen molar-refractivity contribution in [3.05, 3.63) is 39.8 Å². The molecular weight excluding hydrogens is 274 g/mol. The number of aromatic amines is 1. The molecule has 1 amide bonds. The standard InChI is InChI=1S/C14H17N3O2S/c1-17(7-10-3-5-20-9-10)14(18)12-6-15-16-13(12)11-2-4-19-8-11/h3,5-6,9,11H,2,4,7-8H2,1H3,(H,15,16). The summed E-state index contributed by atoms with van der Waals surface area (Å²) >= 11 is 1.64. The van der Waals surface area contributed by atoms with Crippen molar-refractivity contribution >= 4 is 17.2 Å². The number of H-pyrrole nitrogens is 1. The molecule has 0 aliphatic carbocycles. The topological polar surface area (TPSA) is 58.2 Å². The van der Waals surface area contributed by atoms with Crippen LogP contribution in [0.4, 0.5) is 0 Å². The highest BCUT2D eigenvalue weighted by Gasteiger charge is 2.26. The van der Waals surface area contributed by atoms with Gasteiger partial charge in [0.2, 0.25) is 0 Å². The van der Waals surface area contributed by atoms with Gasteiger partial charge in [-0.25, -0.2) is 0 Å². The van der Waals surface area contributed by atoms with E-state index in [-0.39, 0.29) is 11.8 Å². The lowest BCUT2D eigenvalue weighted by atomic mass is 10.0. The van der Waals surface area contributed by atoms with Crippen LogP contribution in [0.15, 0.2) is 23.0 Å². The van der Waals surface area contributed by atoms with Gasteiger partial charge in [0.15, 0.2) is 0 Å². The maximum absolute atomic E-state index is 12.5. The van der Waals surface area contributed by atoms with Crippen LogP contribution in [-0.2, 0) is 11.3 Å². The molecule has 0 spiro atoms. The Hall–Kier alpha value is -1.66. The molecular formula is C14H17N3O2S. The zero-order valence-corrected chi connectivity index (χ0v) is 12.2. The van der Waals surface area contributed by atoms with E-state index in [1.807, 2.05) is 18.5 Å². The molecule has 1 N–H and O–H groups in total. The Balaban J connectivity index is 1.75. The van der Waals surface area contributed by atoms with E-state index in [9.17, 15) is 4.79 Å². The van der Waals surface area contributed by atoms with Gasteiger partial charge in [-0.1, -0.05) is 0 Å². The van der Waals surface area contributed by atoms with Crippen molar-refractivity contribution in [2.75, 3.05) is 20.3 Å². The second-order valence-electron chi connectivity index (χ2n) is 5.05. The summed E-state index contributed by atoms with van der Waals surface area (Å²) < 4.78 is 5.39. The Kier molecular flexibility index (Phi) is 3.84. The number of hydrogen-bond acceptors (Lipinski definition) is 4. The largest absolute Gasteiger partial charge is 0.381 e. The number of aromatic nitrogens is 2. The monoisotopic (exact) mass is 291 g/mol. The Morgan fingerprint density at radius 2 is 2.55 bits per heavy atom. The van der Waals surface area contributed by atoms with E-state index in [1.165, 1.54) is 0 Å². The van der Waals surface area contributed by atoms with E-state index in [4.69, 9.17) is 4.74 Å². The third-order valence-corrected chi connectivity index (χ3v) is 4.32. The van der Waals surface area contributed by atoms with Gasteiger partial charge in [-0.15, -0.1) is 0 Å². The summed E-state index contributed by atoms with van der Waals surface area (Å²) in [6.45, 7) is 2.03. The van der Waals surface area contributed by atoms with Crippen LogP contribution in [0, 0.1) is 0 Å². The van der Waals surface area contributed by atoms with E-state index in [1.54, 1.807) is 22.4 Å². The van der Waals surface area contributed by atoms with Crippen molar-refractivity contribution in [2.24, 2.45) is 0 Å². The fourth-order valence-corrected chi connectivity index (χ4v) is 3.13. The first kappa shape index (κ1) is 13.3. The molecule has 0 aromatic carbocycles. The molecule has 6 heteroatoms. The molecule has 106 valence electrons. The quantitative estimate of drug-likeness (QED) is 0.940. The number of carbonyl (C=O) groups is 1. The first-order valence-corrected chi connectivity index (χ1v) is 7.57. The van der Waals surface area contributed by atoms with Crippen LogP contribution in [0.1, 0.15) is 34.0 Å². The van der Waals surface area contributed by atoms with Gasteiger partial charge < -0.3 is 9.64 Å². The Morgan fingerprint density at radius 1 is 1.65 bits per heavy atom. The summed E-state index contributed by atoms with van der Waals surface area (Å²) in [6, 6.07) is 2.04. The number of thiophene rings is 1. The number of nitrogens with one attached hydrogen (secondary N) is 1. The summed E-state index contributed by atoms with van der Waals surface area (Å²) in [4.78, 5) is 14.3. The van der Waals surface area contributed by atoms with Crippen LogP contribution < -0.4 is 0 Å². The lowest BCUT2D eigenvalue weighted by molar-refractivity contribution is 0.0783. The Labute approximate surface area is 121 Å². The van der Waals surface area contributed by atoms with E-state index in [0.717, 1.165) is 24.3 Å². The number of ether oxygens (including phenoxy) is 1. The highest BCUT2D eigenvalue weighted by atomic mass is 32.1. The third-order valence-electron chi connectivity index (χ3n) is 3.58. The molecule has 3 rings (SSSR count). The maximum atomic E-state index is 12.5. The van der Waals surface area contributed by atoms with Crippen LogP contribution in [0.5, 0.6) is 0 Å². The van der Waals surface area contributed by atoms with Gasteiger partial charge in [0.25, 0.3) is 5.91 Å². The van der Waals surface area contributed by atoms with E-state index in [0.29, 0.717) is 18.7 Å². The van der Waals surface area contributed by atoms with E-state index in [2.05, 4.69) is 15.6 Å². The molecule has 0 radical (unpaired) electrons. The molecule has 0 bridgehead atoms. The minimum Gasteiger partial charge on any atom is -0.381 e. The molecule has 1 aliphatic rings. The highest BCUT2D eigenvalue weighted by molar-refractivity contribution is 7.07. The summed E-state index contributed by atoms with van der Waals surface area (Å²) in [5.41, 5.74) is 2.72. The molecule has 1 saturated heterocycles. The normalized spacial score (nSPS) is 18.4. The Bertz CT molecular complexity index is 573. The smallest absolute Gasteiger partial charge is 0.257 e. The number of hydrogen-bond donors (Lipinski definition) is 1. The SMILES string of the molecule is CN(Cc1ccsc1)C(=O)c1cn[nH]c1C1CCOC1. The lowest BCUT2D eigenvalue weighted by Gasteiger charge is -2.17. The van der Waals surface area contributed by atoms with Gasteiger partial charge in [0.1, 0.15) is 0 Å². The fourth-order valence-electron chi connectivity index (χ4n) is 2.47. The summed E-state index contributed by atoms with van der Waals surface area (Å²) in [7, 11) is 1.82. The van der Waals surface area contributed by atoms with Gasteiger partial charge in [0.05, 0.1) is 24.1 Å². The van der Waals surface area contributed by atoms with Gasteiger partial charge in [-0.3, -0.25) is 9.89 Å². The van der Waals surface area contributed by atoms with Crippen LogP contribution in [0.2, 0.25) is 0 Å². The minimum atomic E-state index is 0.00634. The number of rotatable bonds is 4. The maximum Gasteiger partial charge on any atom is 0.257 e. The molecule has 1 fully saturated rings. The first-order chi connectivity index (χ1) is 9.75. The molecule has 1 atom stereocenters. The second kappa shape index (κ2) is 5.76. The summed E-state index contributed by atoms with van der Waals surface area (Å²) in [6.07, 6.45) is 2.57. The van der Waals surface area contributed by atoms with Crippen molar-refractivity contribution in [1.29, 1.82) is 0 Å². The van der Waals surface area contributed by atoms with E-state index < -0.39 is 0 Å². The predicted molar refractivity (Wildman–Crippen MR) is 76.9 cm³/mol. The van der Waals surface area contributed by atoms with Gasteiger partial charge in [0, 0.05) is 26.1 Å². The minimum absolute atomic E-state index is 0.00634. The lowest BCUT2D eigenvalue weighted by Crippen LogP contribution is -2.27. The highest BCUT2D eigenvalue weighted by Crippen LogP contribution is 2.26. The van der Waals surface area contributed by atoms with Crippen LogP contribution in [0.25, 0.3) is 0 Å². The van der Waals surface area contributed by atoms with Crippen LogP contribution >= 0.6 is 11.3 Å². The number of nitrogens with zero attached hydrogens (tertiary/aromatic N) is 2. The Morgan fingerprint density at radius 3 is 3.25 bits per heavy atom. The van der Waals surface area contributed by atoms with Crippen LogP contribution in [0.3, 0.4) is 0 Å². The van der Waals surface area contributed by atoms with Crippen molar-refractivity contribution in [3.8, 4) is 0 Å². The van der Waals surface area contributed by atoms with E-state index >= 15 is 0 Å². The predicted octanol–water partition coefficient (Wildman–Crippen LogP) is 2.25. The van der Waals surface area contributed by atoms with Crippen molar-refractivity contribution in [1.82, 2.24) is 15.1 Å². The van der Waals surface area contributed by atoms with Crippen molar-refractivity contribution < 1.29 is 9.53 Å². The summed E-state index contributed by atoms with van der Waals surface area (Å²) in [5.74, 6) is 0.262. The second-order valence-corrected chi connectivity index (χ2v) is 5.83. The summed E-state index contributed by atoms with van der Waals surface area (Å²) in [5, 5.41) is 11.1. The zero-order valence-electron chi connectivity index (χ0n) is 11.3. The molecule has 2 aromatic heterocycles. The number of amides is 1. The first-order valence-electron chi connectivity index (χ1n) is 6.63. The molecule has 20 heavy (non-hydrogen) atoms. The van der Waals surface area contributed by atoms with Crippen molar-refractivity contribution in [3.63, 3.8) is 0 Å². The molecule has 1 unspecified atom stereocenters. The molecule has 0 saturated carbocycles. The fraction of sp³-hybridized carbons (Fsp3) is 0.429. The van der Waals surface area contributed by atoms with Crippen molar-refractivity contribution in [2.45, 2.75) is 18.9 Å². The molecule has 2 aromatic rings. The third kappa shape index (κ3) is 2.62. The van der Waals surface area contributed by atoms with Gasteiger partial charge >= 0.3 is 0 Å². The van der Waals surface area contributed by atoms with Gasteiger partial charge in [-0.2, -0.15) is 16.4 Å². The molecule has 1 aliphatic heterocycles. The molecule has 5 nitrogen and oxygen atoms in total.